The molecule has 1 amide bonds. The second-order valence-corrected chi connectivity index (χ2v) is 27.1. The van der Waals surface area contributed by atoms with Crippen LogP contribution in [0.2, 0.25) is 0 Å². The third-order valence-electron chi connectivity index (χ3n) is 18.5. The normalized spacial score (nSPS) is 22.9. The molecule has 12 atom stereocenters. The summed E-state index contributed by atoms with van der Waals surface area (Å²) in [6.07, 6.45) is 72.4. The monoisotopic (exact) mass is 1330 g/mol. The van der Waals surface area contributed by atoms with Gasteiger partial charge in [-0.15, -0.1) is 0 Å². The minimum atomic E-state index is -1.79. The molecule has 14 nitrogen and oxygen atoms in total. The van der Waals surface area contributed by atoms with Crippen LogP contribution in [0.5, 0.6) is 0 Å². The fraction of sp³-hybridized carbons (Fsp3) is 0.812. The van der Waals surface area contributed by atoms with Crippen LogP contribution < -0.4 is 5.32 Å². The van der Waals surface area contributed by atoms with E-state index in [1.165, 1.54) is 218 Å². The molecule has 0 saturated carbocycles. The Morgan fingerprint density at radius 1 is 0.394 bits per heavy atom. The maximum Gasteiger partial charge on any atom is 0.220 e. The molecule has 14 heteroatoms. The summed E-state index contributed by atoms with van der Waals surface area (Å²) in [5.41, 5.74) is 0. The Morgan fingerprint density at radius 3 is 1.17 bits per heavy atom. The first-order valence-corrected chi connectivity index (χ1v) is 38.8. The van der Waals surface area contributed by atoms with Gasteiger partial charge in [0, 0.05) is 6.42 Å². The summed E-state index contributed by atoms with van der Waals surface area (Å²) in [5.74, 6) is -0.249. The topological polar surface area (TPSA) is 228 Å². The summed E-state index contributed by atoms with van der Waals surface area (Å²) in [5, 5.41) is 87.5. The molecule has 94 heavy (non-hydrogen) atoms. The molecule has 0 aromatic heterocycles. The fourth-order valence-corrected chi connectivity index (χ4v) is 12.4. The molecule has 12 unspecified atom stereocenters. The number of carbonyl (C=O) groups is 1. The van der Waals surface area contributed by atoms with Gasteiger partial charge in [0.2, 0.25) is 5.91 Å². The van der Waals surface area contributed by atoms with Crippen LogP contribution >= 0.6 is 0 Å². The lowest BCUT2D eigenvalue weighted by molar-refractivity contribution is -0.359. The predicted molar refractivity (Wildman–Crippen MR) is 387 cm³/mol. The highest BCUT2D eigenvalue weighted by atomic mass is 16.7. The van der Waals surface area contributed by atoms with E-state index in [0.717, 1.165) is 70.6 Å². The van der Waals surface area contributed by atoms with Gasteiger partial charge in [-0.1, -0.05) is 317 Å². The van der Waals surface area contributed by atoms with Crippen LogP contribution in [0.1, 0.15) is 322 Å². The lowest BCUT2D eigenvalue weighted by Gasteiger charge is -2.46. The zero-order valence-corrected chi connectivity index (χ0v) is 59.7. The van der Waals surface area contributed by atoms with Gasteiger partial charge < -0.3 is 65.1 Å². The van der Waals surface area contributed by atoms with E-state index in [1.54, 1.807) is 6.08 Å². The second kappa shape index (κ2) is 63.6. The Bertz CT molecular complexity index is 1900. The molecule has 2 aliphatic heterocycles. The molecule has 9 N–H and O–H groups in total. The number of unbranched alkanes of at least 4 members (excludes halogenated alkanes) is 39. The molecule has 0 aliphatic carbocycles. The number of aliphatic hydroxyl groups is 8. The van der Waals surface area contributed by atoms with E-state index in [0.29, 0.717) is 12.8 Å². The van der Waals surface area contributed by atoms with Gasteiger partial charge in [-0.3, -0.25) is 4.79 Å². The van der Waals surface area contributed by atoms with Gasteiger partial charge in [-0.25, -0.2) is 0 Å². The van der Waals surface area contributed by atoms with Crippen molar-refractivity contribution in [2.24, 2.45) is 0 Å². The number of nitrogens with one attached hydrogen (secondary N) is 1. The molecular weight excluding hydrogens is 1180 g/mol. The minimum Gasteiger partial charge on any atom is -0.394 e. The number of rotatable bonds is 64. The van der Waals surface area contributed by atoms with Crippen molar-refractivity contribution in [3.05, 3.63) is 85.1 Å². The molecule has 0 aromatic carbocycles. The number of carbonyl (C=O) groups excluding carboxylic acids is 1. The number of hydrogen-bond donors (Lipinski definition) is 9. The summed E-state index contributed by atoms with van der Waals surface area (Å²) >= 11 is 0. The SMILES string of the molecule is CC/C=C\C/C=C\C/C=C\C/C=C\CCCCCCCCCCCCCCCCCCCCCCCCCCCCC(=O)NC(COC1OC(CO)C(OC2OC(CO)C(O)C(O)C2O)C(O)C1O)C(O)/C=C/CC/C=C/CC/C=C/CCCCCCCCCCCCC. The van der Waals surface area contributed by atoms with Gasteiger partial charge >= 0.3 is 0 Å². The maximum absolute atomic E-state index is 13.4. The molecule has 2 rings (SSSR count). The minimum absolute atomic E-state index is 0.249. The quantitative estimate of drug-likeness (QED) is 0.0204. The predicted octanol–water partition coefficient (Wildman–Crippen LogP) is 17.1. The summed E-state index contributed by atoms with van der Waals surface area (Å²) < 4.78 is 22.9. The van der Waals surface area contributed by atoms with Crippen molar-refractivity contribution in [2.45, 2.75) is 396 Å². The zero-order chi connectivity index (χ0) is 68.0. The van der Waals surface area contributed by atoms with E-state index in [9.17, 15) is 45.6 Å². The smallest absolute Gasteiger partial charge is 0.220 e. The third-order valence-corrected chi connectivity index (χ3v) is 18.5. The van der Waals surface area contributed by atoms with Crippen LogP contribution in [0.3, 0.4) is 0 Å². The Hall–Kier alpha value is -2.83. The summed E-state index contributed by atoms with van der Waals surface area (Å²) in [4.78, 5) is 13.4. The van der Waals surface area contributed by atoms with E-state index in [2.05, 4.69) is 92.1 Å². The molecule has 0 spiro atoms. The highest BCUT2D eigenvalue weighted by Crippen LogP contribution is 2.30. The van der Waals surface area contributed by atoms with Crippen LogP contribution in [0.15, 0.2) is 85.1 Å². The van der Waals surface area contributed by atoms with Crippen LogP contribution in [0.4, 0.5) is 0 Å². The molecular formula is C80H143NO13. The first-order chi connectivity index (χ1) is 46.1. The molecule has 0 radical (unpaired) electrons. The maximum atomic E-state index is 13.4. The van der Waals surface area contributed by atoms with E-state index < -0.39 is 86.8 Å². The molecule has 0 bridgehead atoms. The molecule has 546 valence electrons. The van der Waals surface area contributed by atoms with Crippen LogP contribution in [0.25, 0.3) is 0 Å². The average molecular weight is 1330 g/mol. The Labute approximate surface area is 573 Å². The number of ether oxygens (including phenoxy) is 4. The Morgan fingerprint density at radius 2 is 0.745 bits per heavy atom. The van der Waals surface area contributed by atoms with Gasteiger partial charge in [0.1, 0.15) is 48.8 Å². The highest BCUT2D eigenvalue weighted by molar-refractivity contribution is 5.76. The Kier molecular flexibility index (Phi) is 59.0. The summed E-state index contributed by atoms with van der Waals surface area (Å²) in [6.45, 7) is 2.70. The molecule has 2 aliphatic rings. The van der Waals surface area contributed by atoms with Crippen LogP contribution in [-0.2, 0) is 23.7 Å². The molecule has 2 fully saturated rings. The number of amides is 1. The summed E-state index contributed by atoms with van der Waals surface area (Å²) in [7, 11) is 0. The van der Waals surface area contributed by atoms with Gasteiger partial charge in [-0.05, 0) is 83.5 Å². The third kappa shape index (κ3) is 46.4. The fourth-order valence-electron chi connectivity index (χ4n) is 12.4. The lowest BCUT2D eigenvalue weighted by Crippen LogP contribution is -2.65. The largest absolute Gasteiger partial charge is 0.394 e. The average Bonchev–Trinajstić information content (AvgIpc) is 0.794. The molecule has 2 heterocycles. The van der Waals surface area contributed by atoms with Gasteiger partial charge in [0.25, 0.3) is 0 Å². The van der Waals surface area contributed by atoms with Gasteiger partial charge in [-0.2, -0.15) is 0 Å². The van der Waals surface area contributed by atoms with E-state index in [1.807, 2.05) is 6.08 Å². The van der Waals surface area contributed by atoms with Crippen molar-refractivity contribution in [1.82, 2.24) is 5.32 Å². The molecule has 2 saturated heterocycles. The van der Waals surface area contributed by atoms with Crippen molar-refractivity contribution in [3.63, 3.8) is 0 Å². The van der Waals surface area contributed by atoms with Crippen molar-refractivity contribution in [1.29, 1.82) is 0 Å². The Balaban J connectivity index is 1.59. The number of aliphatic hydroxyl groups excluding tert-OH is 8. The van der Waals surface area contributed by atoms with Crippen LogP contribution in [-0.4, -0.2) is 140 Å². The highest BCUT2D eigenvalue weighted by Gasteiger charge is 2.51. The zero-order valence-electron chi connectivity index (χ0n) is 59.7. The second-order valence-electron chi connectivity index (χ2n) is 27.1. The first kappa shape index (κ1) is 87.3. The van der Waals surface area contributed by atoms with Crippen molar-refractivity contribution in [2.75, 3.05) is 19.8 Å². The summed E-state index contributed by atoms with van der Waals surface area (Å²) in [6, 6.07) is -0.941. The van der Waals surface area contributed by atoms with E-state index >= 15 is 0 Å². The van der Waals surface area contributed by atoms with Crippen molar-refractivity contribution < 1.29 is 64.6 Å². The first-order valence-electron chi connectivity index (χ1n) is 38.8. The van der Waals surface area contributed by atoms with Crippen LogP contribution in [0, 0.1) is 0 Å². The van der Waals surface area contributed by atoms with Gasteiger partial charge in [0.15, 0.2) is 12.6 Å². The van der Waals surface area contributed by atoms with E-state index in [-0.39, 0.29) is 18.9 Å². The standard InChI is InChI=1S/C80H143NO13/c1-3-5-7-9-11-13-15-17-19-21-23-25-26-27-28-29-30-31-32-33-34-35-36-37-38-39-40-41-42-44-46-48-50-52-54-56-58-60-62-64-72(85)81-68(69(84)63-61-59-57-55-53-51-49-47-45-43-24-22-20-18-16-14-12-10-8-6-4-2)67-91-79-77(90)75(88)78(71(66-83)93-79)94-80-76(89)74(87)73(86)70(65-82)92-80/h5,7,11,13,17,19,23,25,45,47,53,55,61,63,68-71,73-80,82-84,86-90H,3-4,6,8-10,12,14-16,18,20-22,24,26-44,46,48-52,54,56-60,62,64-67H2,1-2H3,(H,81,85)/b7-5-,13-11-,19-17-,25-23-,47-45+,55-53+,63-61+. The van der Waals surface area contributed by atoms with Gasteiger partial charge in [0.05, 0.1) is 32.0 Å². The lowest BCUT2D eigenvalue weighted by atomic mass is 9.97. The number of allylic oxidation sites excluding steroid dienone is 13. The van der Waals surface area contributed by atoms with Crippen molar-refractivity contribution in [3.8, 4) is 0 Å². The van der Waals surface area contributed by atoms with E-state index in [4.69, 9.17) is 18.9 Å². The van der Waals surface area contributed by atoms with Crippen molar-refractivity contribution >= 4 is 5.91 Å². The number of hydrogen-bond acceptors (Lipinski definition) is 13. The molecule has 0 aromatic rings.